The Balaban J connectivity index is 1.80. The van der Waals surface area contributed by atoms with Crippen LogP contribution in [0.4, 0.5) is 11.4 Å². The molecule has 28 heavy (non-hydrogen) atoms. The van der Waals surface area contributed by atoms with Gasteiger partial charge in [-0.3, -0.25) is 9.59 Å². The molecule has 0 fully saturated rings. The van der Waals surface area contributed by atoms with Crippen molar-refractivity contribution in [1.29, 1.82) is 0 Å². The zero-order chi connectivity index (χ0) is 19.9. The summed E-state index contributed by atoms with van der Waals surface area (Å²) in [5, 5.41) is 5.60. The van der Waals surface area contributed by atoms with Gasteiger partial charge in [-0.2, -0.15) is 0 Å². The van der Waals surface area contributed by atoms with Crippen molar-refractivity contribution in [2.24, 2.45) is 0 Å². The van der Waals surface area contributed by atoms with Crippen LogP contribution in [0.25, 0.3) is 0 Å². The highest BCUT2D eigenvalue weighted by atomic mass is 16.5. The first-order valence-corrected chi connectivity index (χ1v) is 8.61. The van der Waals surface area contributed by atoms with Crippen LogP contribution in [0, 0.1) is 0 Å². The molecule has 142 valence electrons. The molecule has 2 N–H and O–H groups in total. The average molecular weight is 376 g/mol. The standard InChI is InChI=1S/C22H20N2O4/c1-27-16-13-11-15(12-14-16)21(25)23-18-8-4-3-7-17(18)22(26)24-19-9-5-6-10-20(19)28-2/h3-14H,1-2H3,(H,23,25)(H,24,26). The number of nitrogens with one attached hydrogen (secondary N) is 2. The maximum absolute atomic E-state index is 12.8. The van der Waals surface area contributed by atoms with Crippen LogP contribution < -0.4 is 20.1 Å². The van der Waals surface area contributed by atoms with Gasteiger partial charge in [-0.25, -0.2) is 0 Å². The number of para-hydroxylation sites is 3. The van der Waals surface area contributed by atoms with Crippen molar-refractivity contribution in [3.8, 4) is 11.5 Å². The zero-order valence-corrected chi connectivity index (χ0v) is 15.6. The van der Waals surface area contributed by atoms with Crippen LogP contribution in [0.3, 0.4) is 0 Å². The van der Waals surface area contributed by atoms with Crippen LogP contribution >= 0.6 is 0 Å². The molecule has 0 radical (unpaired) electrons. The second kappa shape index (κ2) is 8.73. The van der Waals surface area contributed by atoms with Crippen LogP contribution in [-0.2, 0) is 0 Å². The van der Waals surface area contributed by atoms with Crippen molar-refractivity contribution < 1.29 is 19.1 Å². The van der Waals surface area contributed by atoms with Crippen LogP contribution in [0.2, 0.25) is 0 Å². The quantitative estimate of drug-likeness (QED) is 0.676. The number of carbonyl (C=O) groups is 2. The molecule has 0 heterocycles. The topological polar surface area (TPSA) is 76.7 Å². The van der Waals surface area contributed by atoms with Crippen LogP contribution in [0.1, 0.15) is 20.7 Å². The smallest absolute Gasteiger partial charge is 0.257 e. The van der Waals surface area contributed by atoms with Gasteiger partial charge in [0, 0.05) is 5.56 Å². The molecule has 0 aliphatic rings. The van der Waals surface area contributed by atoms with Crippen molar-refractivity contribution >= 4 is 23.2 Å². The van der Waals surface area contributed by atoms with E-state index in [1.807, 2.05) is 6.07 Å². The van der Waals surface area contributed by atoms with E-state index in [1.54, 1.807) is 73.8 Å². The lowest BCUT2D eigenvalue weighted by molar-refractivity contribution is 0.102. The van der Waals surface area contributed by atoms with E-state index in [-0.39, 0.29) is 11.8 Å². The summed E-state index contributed by atoms with van der Waals surface area (Å²) >= 11 is 0. The van der Waals surface area contributed by atoms with E-state index in [0.29, 0.717) is 34.0 Å². The molecule has 0 spiro atoms. The van der Waals surface area contributed by atoms with Crippen molar-refractivity contribution in [3.63, 3.8) is 0 Å². The number of hydrogen-bond acceptors (Lipinski definition) is 4. The Morgan fingerprint density at radius 2 is 1.29 bits per heavy atom. The van der Waals surface area contributed by atoms with E-state index in [0.717, 1.165) is 0 Å². The van der Waals surface area contributed by atoms with E-state index in [1.165, 1.54) is 7.11 Å². The second-order valence-electron chi connectivity index (χ2n) is 5.88. The predicted octanol–water partition coefficient (Wildman–Crippen LogP) is 4.21. The first-order valence-electron chi connectivity index (χ1n) is 8.61. The summed E-state index contributed by atoms with van der Waals surface area (Å²) in [4.78, 5) is 25.3. The highest BCUT2D eigenvalue weighted by Crippen LogP contribution is 2.25. The number of ether oxygens (including phenoxy) is 2. The number of rotatable bonds is 6. The molecule has 0 unspecified atom stereocenters. The third-order valence-electron chi connectivity index (χ3n) is 4.13. The Hall–Kier alpha value is -3.80. The molecule has 0 aromatic heterocycles. The maximum Gasteiger partial charge on any atom is 0.257 e. The molecular weight excluding hydrogens is 356 g/mol. The van der Waals surface area contributed by atoms with Gasteiger partial charge in [0.2, 0.25) is 0 Å². The summed E-state index contributed by atoms with van der Waals surface area (Å²) in [6.07, 6.45) is 0. The fraction of sp³-hybridized carbons (Fsp3) is 0.0909. The van der Waals surface area contributed by atoms with E-state index in [4.69, 9.17) is 9.47 Å². The number of amides is 2. The molecular formula is C22H20N2O4. The summed E-state index contributed by atoms with van der Waals surface area (Å²) in [7, 11) is 3.10. The highest BCUT2D eigenvalue weighted by Gasteiger charge is 2.15. The molecule has 0 saturated heterocycles. The molecule has 3 aromatic carbocycles. The zero-order valence-electron chi connectivity index (χ0n) is 15.6. The van der Waals surface area contributed by atoms with Gasteiger partial charge >= 0.3 is 0 Å². The number of carbonyl (C=O) groups excluding carboxylic acids is 2. The van der Waals surface area contributed by atoms with Crippen molar-refractivity contribution in [3.05, 3.63) is 83.9 Å². The van der Waals surface area contributed by atoms with Gasteiger partial charge in [-0.05, 0) is 48.5 Å². The second-order valence-corrected chi connectivity index (χ2v) is 5.88. The number of benzene rings is 3. The SMILES string of the molecule is COc1ccc(C(=O)Nc2ccccc2C(=O)Nc2ccccc2OC)cc1. The third kappa shape index (κ3) is 4.29. The van der Waals surface area contributed by atoms with E-state index in [9.17, 15) is 9.59 Å². The van der Waals surface area contributed by atoms with Gasteiger partial charge in [0.1, 0.15) is 11.5 Å². The molecule has 2 amide bonds. The highest BCUT2D eigenvalue weighted by molar-refractivity contribution is 6.12. The van der Waals surface area contributed by atoms with Crippen LogP contribution in [-0.4, -0.2) is 26.0 Å². The van der Waals surface area contributed by atoms with Gasteiger partial charge in [0.15, 0.2) is 0 Å². The molecule has 0 aliphatic heterocycles. The van der Waals surface area contributed by atoms with Crippen molar-refractivity contribution in [1.82, 2.24) is 0 Å². The normalized spacial score (nSPS) is 10.1. The van der Waals surface area contributed by atoms with Crippen LogP contribution in [0.5, 0.6) is 11.5 Å². The number of methoxy groups -OCH3 is 2. The van der Waals surface area contributed by atoms with E-state index < -0.39 is 0 Å². The lowest BCUT2D eigenvalue weighted by Gasteiger charge is -2.13. The van der Waals surface area contributed by atoms with Crippen molar-refractivity contribution in [2.45, 2.75) is 0 Å². The summed E-state index contributed by atoms with van der Waals surface area (Å²) in [6, 6.07) is 20.7. The molecule has 6 heteroatoms. The Bertz CT molecular complexity index is 984. The van der Waals surface area contributed by atoms with Gasteiger partial charge in [0.05, 0.1) is 31.2 Å². The monoisotopic (exact) mass is 376 g/mol. The molecule has 6 nitrogen and oxygen atoms in total. The minimum atomic E-state index is -0.352. The van der Waals surface area contributed by atoms with E-state index >= 15 is 0 Å². The van der Waals surface area contributed by atoms with Gasteiger partial charge in [0.25, 0.3) is 11.8 Å². The summed E-state index contributed by atoms with van der Waals surface area (Å²) in [5.74, 6) is 0.541. The van der Waals surface area contributed by atoms with Crippen molar-refractivity contribution in [2.75, 3.05) is 24.9 Å². The minimum absolute atomic E-state index is 0.319. The summed E-state index contributed by atoms with van der Waals surface area (Å²) in [5.41, 5.74) is 1.76. The van der Waals surface area contributed by atoms with Gasteiger partial charge < -0.3 is 20.1 Å². The number of anilines is 2. The fourth-order valence-corrected chi connectivity index (χ4v) is 2.66. The van der Waals surface area contributed by atoms with Gasteiger partial charge in [-0.15, -0.1) is 0 Å². The Morgan fingerprint density at radius 1 is 0.679 bits per heavy atom. The molecule has 0 aliphatic carbocycles. The Morgan fingerprint density at radius 3 is 1.96 bits per heavy atom. The van der Waals surface area contributed by atoms with E-state index in [2.05, 4.69) is 10.6 Å². The minimum Gasteiger partial charge on any atom is -0.497 e. The third-order valence-corrected chi connectivity index (χ3v) is 4.13. The fourth-order valence-electron chi connectivity index (χ4n) is 2.66. The predicted molar refractivity (Wildman–Crippen MR) is 108 cm³/mol. The Kier molecular flexibility index (Phi) is 5.91. The lowest BCUT2D eigenvalue weighted by atomic mass is 10.1. The molecule has 0 atom stereocenters. The molecule has 3 rings (SSSR count). The first kappa shape index (κ1) is 19.0. The summed E-state index contributed by atoms with van der Waals surface area (Å²) < 4.78 is 10.4. The maximum atomic E-state index is 12.8. The largest absolute Gasteiger partial charge is 0.497 e. The molecule has 3 aromatic rings. The van der Waals surface area contributed by atoms with Crippen LogP contribution in [0.15, 0.2) is 72.8 Å². The molecule has 0 bridgehead atoms. The summed E-state index contributed by atoms with van der Waals surface area (Å²) in [6.45, 7) is 0. The lowest BCUT2D eigenvalue weighted by Crippen LogP contribution is -2.18. The molecule has 0 saturated carbocycles. The average Bonchev–Trinajstić information content (AvgIpc) is 2.74. The van der Waals surface area contributed by atoms with Gasteiger partial charge in [-0.1, -0.05) is 24.3 Å². The first-order chi connectivity index (χ1) is 13.6. The Labute approximate surface area is 163 Å². The number of hydrogen-bond donors (Lipinski definition) is 2.